The van der Waals surface area contributed by atoms with E-state index in [4.69, 9.17) is 29.8 Å². The summed E-state index contributed by atoms with van der Waals surface area (Å²) >= 11 is 0. The molecule has 0 bridgehead atoms. The van der Waals surface area contributed by atoms with Gasteiger partial charge in [-0.3, -0.25) is 57.5 Å². The number of hydrogen-bond acceptors (Lipinski definition) is 24. The number of amides is 3. The van der Waals surface area contributed by atoms with E-state index in [0.29, 0.717) is 68.3 Å². The monoisotopic (exact) mass is 1610 g/mol. The molecular formula is C69H130N5O19S7V-. The van der Waals surface area contributed by atoms with Crippen LogP contribution in [0.4, 0.5) is 0 Å². The molecule has 0 rings (SSSR count). The molecule has 0 saturated carbocycles. The van der Waals surface area contributed by atoms with Crippen molar-refractivity contribution in [3.8, 4) is 0 Å². The van der Waals surface area contributed by atoms with E-state index in [1.165, 1.54) is 118 Å². The Labute approximate surface area is 647 Å². The second-order valence-corrected chi connectivity index (χ2v) is 34.6. The number of ether oxygens (including phenoxy) is 4. The molecule has 0 aliphatic heterocycles. The Bertz CT molecular complexity index is 2490. The zero-order valence-electron chi connectivity index (χ0n) is 60.8. The van der Waals surface area contributed by atoms with E-state index in [-0.39, 0.29) is 206 Å². The molecule has 0 spiro atoms. The molecule has 101 heavy (non-hydrogen) atoms. The topological polar surface area (TPSA) is 384 Å². The second-order valence-electron chi connectivity index (χ2n) is 25.3. The Hall–Kier alpha value is -2.66. The van der Waals surface area contributed by atoms with E-state index in [0.717, 1.165) is 51.4 Å². The van der Waals surface area contributed by atoms with E-state index < -0.39 is 62.8 Å². The van der Waals surface area contributed by atoms with Gasteiger partial charge in [0.15, 0.2) is 10.9 Å². The number of hydrogen-bond donors (Lipinski definition) is 6. The molecule has 24 nitrogen and oxygen atoms in total. The summed E-state index contributed by atoms with van der Waals surface area (Å²) in [4.78, 5) is 160. The van der Waals surface area contributed by atoms with Crippen molar-refractivity contribution in [2.45, 2.75) is 226 Å². The first-order valence-electron chi connectivity index (χ1n) is 35.3. The van der Waals surface area contributed by atoms with Gasteiger partial charge in [0.05, 0.1) is 44.3 Å². The molecule has 0 aromatic rings. The van der Waals surface area contributed by atoms with E-state index in [1.54, 1.807) is 13.8 Å². The molecule has 0 aromatic carbocycles. The van der Waals surface area contributed by atoms with Crippen LogP contribution in [0.2, 0.25) is 0 Å². The largest absolute Gasteiger partial charge is 0.773 e. The number of carbonyl (C=O) groups is 13. The maximum atomic E-state index is 13.3. The molecular weight excluding hydrogens is 1480 g/mol. The molecule has 0 aliphatic rings. The molecule has 9 atom stereocenters. The molecule has 0 heterocycles. The number of ketones is 7. The predicted molar refractivity (Wildman–Crippen MR) is 419 cm³/mol. The van der Waals surface area contributed by atoms with Gasteiger partial charge >= 0.3 is 11.9 Å². The van der Waals surface area contributed by atoms with Crippen molar-refractivity contribution in [1.82, 2.24) is 16.0 Å². The van der Waals surface area contributed by atoms with Crippen molar-refractivity contribution in [2.75, 3.05) is 100 Å². The summed E-state index contributed by atoms with van der Waals surface area (Å²) in [7, 11) is 6.50. The number of nitrogens with zero attached hydrogens (tertiary/aromatic N) is 1. The summed E-state index contributed by atoms with van der Waals surface area (Å²) in [6, 6.07) is -1.97. The Kier molecular flexibility index (Phi) is 65.2. The van der Waals surface area contributed by atoms with Crippen LogP contribution in [0.15, 0.2) is 0 Å². The molecule has 0 fully saturated rings. The van der Waals surface area contributed by atoms with Crippen molar-refractivity contribution in [3.63, 3.8) is 0 Å². The van der Waals surface area contributed by atoms with Crippen molar-refractivity contribution >= 4 is 151 Å². The zero-order valence-corrected chi connectivity index (χ0v) is 67.9. The number of aliphatic carboxylic acids is 2. The average Bonchev–Trinajstić information content (AvgIpc) is 0.875. The summed E-state index contributed by atoms with van der Waals surface area (Å²) in [6.07, 6.45) is 17.4. The number of carboxylic acids is 2. The molecule has 3 amide bonds. The van der Waals surface area contributed by atoms with Crippen molar-refractivity contribution in [2.24, 2.45) is 35.3 Å². The van der Waals surface area contributed by atoms with Gasteiger partial charge in [0.2, 0.25) is 17.7 Å². The molecule has 593 valence electrons. The van der Waals surface area contributed by atoms with Gasteiger partial charge in [0, 0.05) is 149 Å². The van der Waals surface area contributed by atoms with Crippen LogP contribution < -0.4 is 21.7 Å². The Morgan fingerprint density at radius 1 is 0.446 bits per heavy atom. The number of Topliss-reactive ketones (excluding diaryl/α,β-unsaturated/α-hetero) is 7. The summed E-state index contributed by atoms with van der Waals surface area (Å²) in [5.41, 5.74) is 6.20. The van der Waals surface area contributed by atoms with Crippen LogP contribution in [0.1, 0.15) is 218 Å². The third kappa shape index (κ3) is 57.2. The van der Waals surface area contributed by atoms with Gasteiger partial charge in [-0.05, 0) is 72.6 Å². The Morgan fingerprint density at radius 2 is 0.911 bits per heavy atom. The van der Waals surface area contributed by atoms with Crippen LogP contribution in [0.3, 0.4) is 0 Å². The smallest absolute Gasteiger partial charge is 0.326 e. The van der Waals surface area contributed by atoms with E-state index in [1.807, 2.05) is 13.8 Å². The summed E-state index contributed by atoms with van der Waals surface area (Å²) in [6.45, 7) is 12.6. The van der Waals surface area contributed by atoms with Crippen LogP contribution in [0.5, 0.6) is 0 Å². The number of unbranched alkanes of at least 4 members (excludes halogenated alkanes) is 14. The first-order valence-corrected chi connectivity index (χ1v) is 44.0. The van der Waals surface area contributed by atoms with Gasteiger partial charge in [-0.2, -0.15) is 0 Å². The molecule has 7 N–H and O–H groups in total. The van der Waals surface area contributed by atoms with E-state index >= 15 is 0 Å². The molecule has 1 radical (unpaired) electrons. The fraction of sp³-hybridized carbons (Fsp3) is 0.812. The third-order valence-electron chi connectivity index (χ3n) is 16.2. The maximum Gasteiger partial charge on any atom is 0.326 e. The summed E-state index contributed by atoms with van der Waals surface area (Å²) < 4.78 is 32.8. The average molecular weight is 1610 g/mol. The first kappa shape index (κ1) is 100. The van der Waals surface area contributed by atoms with Crippen LogP contribution in [0, 0.1) is 29.6 Å². The van der Waals surface area contributed by atoms with Gasteiger partial charge in [-0.25, -0.2) is 15.5 Å². The zero-order chi connectivity index (χ0) is 74.9. The van der Waals surface area contributed by atoms with Crippen LogP contribution >= 0.6 is 64.8 Å². The standard InChI is InChI=1S/C69H118N5O19S7.V.6H2/c1-49(52(4)75)43-94-97-46-56(53(5)76)39-61(80)50(2)44-95-96-45-51(3)69(89)100(71)63(55(7)78)48-99-98-47-57(54(6)77)40-62(81)59(70)26-22-23-31-72-66(84)42-93-38-35-90-33-24-25-58(79)41-92-37-36-91-34-32-73-64(82)30-29-60(68(87)88)74-65(83)27-20-18-16-14-12-10-8-9-11-13-15-17-19-21-28-67(85)86;;;;;;;/h49-51,56-57,59-60,63H,8-48,70H2,1-7H3,(H,72,84)(H,73,82)(H,74,83)(H,85,86)(H,87,88);;6*1H/q-1;;;;;;;/t49-,50-,51-,56-,57-,59-,60-,63-,100?;;;;;;;/m0......./s1. The van der Waals surface area contributed by atoms with Crippen molar-refractivity contribution < 1.29 is 119 Å². The number of nitrogens with two attached hydrogens (primary N) is 1. The second kappa shape index (κ2) is 65.6. The Morgan fingerprint density at radius 3 is 1.44 bits per heavy atom. The van der Waals surface area contributed by atoms with Crippen LogP contribution in [0.25, 0.3) is 4.78 Å². The van der Waals surface area contributed by atoms with E-state index in [9.17, 15) is 72.2 Å². The fourth-order valence-corrected chi connectivity index (χ4v) is 19.6. The van der Waals surface area contributed by atoms with Gasteiger partial charge < -0.3 is 55.6 Å². The quantitative estimate of drug-likeness (QED) is 0.0243. The normalized spacial score (nSPS) is 14.0. The van der Waals surface area contributed by atoms with Crippen LogP contribution in [-0.4, -0.2) is 203 Å². The minimum absolute atomic E-state index is 0. The minimum atomic E-state index is -1.87. The van der Waals surface area contributed by atoms with Gasteiger partial charge in [-0.1, -0.05) is 163 Å². The van der Waals surface area contributed by atoms with Gasteiger partial charge in [0.25, 0.3) is 0 Å². The predicted octanol–water partition coefficient (Wildman–Crippen LogP) is 12.1. The maximum absolute atomic E-state index is 13.3. The fourth-order valence-electron chi connectivity index (χ4n) is 9.26. The van der Waals surface area contributed by atoms with Gasteiger partial charge in [-0.15, -0.1) is 0 Å². The summed E-state index contributed by atoms with van der Waals surface area (Å²) in [5, 5.41) is 24.8. The minimum Gasteiger partial charge on any atom is -0.773 e. The van der Waals surface area contributed by atoms with Crippen LogP contribution in [-0.2, 0) is 111 Å². The molecule has 32 heteroatoms. The molecule has 0 aliphatic carbocycles. The first-order chi connectivity index (χ1) is 47.7. The number of carbonyl (C=O) groups excluding carboxylic acids is 11. The number of rotatable bonds is 71. The van der Waals surface area contributed by atoms with E-state index in [2.05, 4.69) is 16.0 Å². The molecule has 0 aromatic heterocycles. The number of carboxylic acid groups (broad SMARTS) is 2. The summed E-state index contributed by atoms with van der Waals surface area (Å²) in [5.74, 6) is -3.55. The SMILES string of the molecule is CC(=O)[C@H](CSSC[C@H](C)C(C)=O)CC(=O)[C@@H](C)CSSC[C@H](C)C(=O)S(=[N-])[C@@H](CSSC[C@H](CC(=O)[C@@H](N)CCCCNC(=O)COCCOCCCC(=O)COCCOCCNC(=O)CC[C@H](NC(=O)CCCCCCCCCCCCCCCCC(=O)O)C(=O)O)C(C)=O)C(C)=O.[HH].[HH].[HH].[HH].[HH].[HH].[V]. The molecule has 1 unspecified atom stereocenters. The van der Waals surface area contributed by atoms with Gasteiger partial charge in [0.1, 0.15) is 54.0 Å². The number of nitrogens with one attached hydrogen (secondary N) is 3. The Balaban J connectivity index is -0.00000233. The third-order valence-corrected chi connectivity index (χ3v) is 26.1. The molecule has 0 saturated heterocycles. The van der Waals surface area contributed by atoms with Crippen molar-refractivity contribution in [3.05, 3.63) is 4.78 Å². The van der Waals surface area contributed by atoms with Crippen molar-refractivity contribution in [1.29, 1.82) is 0 Å².